The molecule has 0 amide bonds. The number of carboxylic acid groups (broad SMARTS) is 1. The fourth-order valence-electron chi connectivity index (χ4n) is 1.11. The van der Waals surface area contributed by atoms with Crippen LogP contribution in [0.5, 0.6) is 0 Å². The minimum absolute atomic E-state index is 0.297. The number of aliphatic hydroxyl groups is 1. The van der Waals surface area contributed by atoms with Crippen molar-refractivity contribution in [3.63, 3.8) is 0 Å². The number of carboxylic acids is 1. The average Bonchev–Trinajstić information content (AvgIpc) is 2.50. The topological polar surface area (TPSA) is 73.7 Å². The van der Waals surface area contributed by atoms with Crippen molar-refractivity contribution in [1.29, 1.82) is 0 Å². The van der Waals surface area contributed by atoms with Crippen LogP contribution >= 0.6 is 11.3 Å². The second kappa shape index (κ2) is 5.20. The van der Waals surface area contributed by atoms with Crippen LogP contribution in [0.3, 0.4) is 0 Å². The Morgan fingerprint density at radius 3 is 2.87 bits per heavy atom. The average molecular weight is 230 g/mol. The molecule has 0 spiro atoms. The van der Waals surface area contributed by atoms with E-state index in [9.17, 15) is 9.90 Å². The van der Waals surface area contributed by atoms with E-state index in [1.807, 2.05) is 19.0 Å². The molecule has 1 unspecified atom stereocenters. The van der Waals surface area contributed by atoms with Gasteiger partial charge in [0.25, 0.3) is 0 Å². The summed E-state index contributed by atoms with van der Waals surface area (Å²) in [5, 5.41) is 18.5. The first-order valence-corrected chi connectivity index (χ1v) is 5.30. The largest absolute Gasteiger partial charge is 0.481 e. The lowest BCUT2D eigenvalue weighted by molar-refractivity contribution is -0.139. The fourth-order valence-corrected chi connectivity index (χ4v) is 2.14. The Hall–Kier alpha value is -0.980. The van der Waals surface area contributed by atoms with E-state index >= 15 is 0 Å². The third-order valence-electron chi connectivity index (χ3n) is 1.70. The Kier molecular flexibility index (Phi) is 4.19. The normalized spacial score (nSPS) is 13.1. The number of rotatable bonds is 5. The van der Waals surface area contributed by atoms with E-state index in [0.717, 1.165) is 11.4 Å². The lowest BCUT2D eigenvalue weighted by Crippen LogP contribution is -2.09. The van der Waals surface area contributed by atoms with E-state index < -0.39 is 12.1 Å². The van der Waals surface area contributed by atoms with E-state index in [1.54, 1.807) is 6.20 Å². The molecule has 1 heterocycles. The van der Waals surface area contributed by atoms with Crippen molar-refractivity contribution in [3.8, 4) is 0 Å². The molecule has 0 radical (unpaired) electrons. The monoisotopic (exact) mass is 230 g/mol. The third-order valence-corrected chi connectivity index (χ3v) is 2.78. The highest BCUT2D eigenvalue weighted by atomic mass is 32.1. The molecular formula is C9H14N2O3S. The maximum Gasteiger partial charge on any atom is 0.306 e. The SMILES string of the molecule is CN(C)Cc1cnc(C(O)CC(=O)O)s1. The second-order valence-electron chi connectivity index (χ2n) is 3.52. The fraction of sp³-hybridized carbons (Fsp3) is 0.556. The van der Waals surface area contributed by atoms with Crippen molar-refractivity contribution in [2.75, 3.05) is 14.1 Å². The molecule has 0 aliphatic rings. The van der Waals surface area contributed by atoms with Gasteiger partial charge in [-0.15, -0.1) is 11.3 Å². The summed E-state index contributed by atoms with van der Waals surface area (Å²) < 4.78 is 0. The van der Waals surface area contributed by atoms with Gasteiger partial charge in [-0.2, -0.15) is 0 Å². The molecule has 1 rings (SSSR count). The van der Waals surface area contributed by atoms with Gasteiger partial charge in [0.15, 0.2) is 0 Å². The van der Waals surface area contributed by atoms with Gasteiger partial charge in [-0.3, -0.25) is 4.79 Å². The molecule has 1 atom stereocenters. The van der Waals surface area contributed by atoms with Crippen molar-refractivity contribution < 1.29 is 15.0 Å². The van der Waals surface area contributed by atoms with E-state index in [0.29, 0.717) is 5.01 Å². The lowest BCUT2D eigenvalue weighted by atomic mass is 10.3. The summed E-state index contributed by atoms with van der Waals surface area (Å²) in [5.41, 5.74) is 0. The zero-order chi connectivity index (χ0) is 11.4. The summed E-state index contributed by atoms with van der Waals surface area (Å²) in [4.78, 5) is 17.4. The maximum atomic E-state index is 10.4. The lowest BCUT2D eigenvalue weighted by Gasteiger charge is -2.06. The molecule has 1 aromatic heterocycles. The number of carbonyl (C=O) groups is 1. The quantitative estimate of drug-likeness (QED) is 0.779. The molecule has 0 saturated carbocycles. The summed E-state index contributed by atoms with van der Waals surface area (Å²) in [5.74, 6) is -1.02. The van der Waals surface area contributed by atoms with Crippen molar-refractivity contribution in [3.05, 3.63) is 16.1 Å². The van der Waals surface area contributed by atoms with Crippen LogP contribution in [0, 0.1) is 0 Å². The Balaban J connectivity index is 2.62. The van der Waals surface area contributed by atoms with E-state index in [-0.39, 0.29) is 6.42 Å². The Morgan fingerprint density at radius 1 is 1.67 bits per heavy atom. The highest BCUT2D eigenvalue weighted by Crippen LogP contribution is 2.23. The number of aromatic nitrogens is 1. The highest BCUT2D eigenvalue weighted by Gasteiger charge is 2.15. The van der Waals surface area contributed by atoms with Crippen molar-refractivity contribution in [2.24, 2.45) is 0 Å². The molecule has 0 fully saturated rings. The minimum atomic E-state index is -1.02. The molecular weight excluding hydrogens is 216 g/mol. The molecule has 6 heteroatoms. The Labute approximate surface area is 92.0 Å². The van der Waals surface area contributed by atoms with E-state index in [4.69, 9.17) is 5.11 Å². The van der Waals surface area contributed by atoms with Gasteiger partial charge >= 0.3 is 5.97 Å². The van der Waals surface area contributed by atoms with Crippen molar-refractivity contribution in [2.45, 2.75) is 19.1 Å². The predicted molar refractivity (Wildman–Crippen MR) is 56.7 cm³/mol. The van der Waals surface area contributed by atoms with Crippen LogP contribution in [-0.4, -0.2) is 40.2 Å². The van der Waals surface area contributed by atoms with E-state index in [1.165, 1.54) is 11.3 Å². The first kappa shape index (κ1) is 12.1. The predicted octanol–water partition coefficient (Wildman–Crippen LogP) is 0.713. The standard InChI is InChI=1S/C9H14N2O3S/c1-11(2)5-6-4-10-9(15-6)7(12)3-8(13)14/h4,7,12H,3,5H2,1-2H3,(H,13,14). The Bertz CT molecular complexity index is 338. The van der Waals surface area contributed by atoms with Crippen LogP contribution in [0.25, 0.3) is 0 Å². The summed E-state index contributed by atoms with van der Waals surface area (Å²) in [7, 11) is 3.88. The van der Waals surface area contributed by atoms with Crippen LogP contribution in [0.15, 0.2) is 6.20 Å². The molecule has 5 nitrogen and oxygen atoms in total. The second-order valence-corrected chi connectivity index (χ2v) is 4.66. The van der Waals surface area contributed by atoms with Gasteiger partial charge in [0, 0.05) is 17.6 Å². The smallest absolute Gasteiger partial charge is 0.306 e. The molecule has 0 aliphatic heterocycles. The third kappa shape index (κ3) is 3.94. The zero-order valence-corrected chi connectivity index (χ0v) is 9.49. The molecule has 1 aromatic rings. The molecule has 0 saturated heterocycles. The summed E-state index contributed by atoms with van der Waals surface area (Å²) >= 11 is 1.35. The van der Waals surface area contributed by atoms with Gasteiger partial charge in [-0.05, 0) is 14.1 Å². The maximum absolute atomic E-state index is 10.4. The molecule has 0 aliphatic carbocycles. The summed E-state index contributed by atoms with van der Waals surface area (Å²) in [6.45, 7) is 0.747. The van der Waals surface area contributed by atoms with Crippen LogP contribution in [0.4, 0.5) is 0 Å². The number of aliphatic carboxylic acids is 1. The number of hydrogen-bond donors (Lipinski definition) is 2. The number of nitrogens with zero attached hydrogens (tertiary/aromatic N) is 2. The van der Waals surface area contributed by atoms with Crippen LogP contribution in [0.1, 0.15) is 22.4 Å². The van der Waals surface area contributed by atoms with Gasteiger partial charge in [-0.1, -0.05) is 0 Å². The van der Waals surface area contributed by atoms with Gasteiger partial charge in [0.05, 0.1) is 6.42 Å². The molecule has 0 bridgehead atoms. The number of aliphatic hydroxyl groups excluding tert-OH is 1. The minimum Gasteiger partial charge on any atom is -0.481 e. The summed E-state index contributed by atoms with van der Waals surface area (Å²) in [6.07, 6.45) is 0.378. The van der Waals surface area contributed by atoms with Gasteiger partial charge in [0.2, 0.25) is 0 Å². The molecule has 15 heavy (non-hydrogen) atoms. The molecule has 0 aromatic carbocycles. The number of thiazole rings is 1. The summed E-state index contributed by atoms with van der Waals surface area (Å²) in [6, 6.07) is 0. The first-order valence-electron chi connectivity index (χ1n) is 4.48. The molecule has 84 valence electrons. The van der Waals surface area contributed by atoms with Gasteiger partial charge in [0.1, 0.15) is 11.1 Å². The van der Waals surface area contributed by atoms with Crippen LogP contribution in [-0.2, 0) is 11.3 Å². The van der Waals surface area contributed by atoms with E-state index in [2.05, 4.69) is 4.98 Å². The Morgan fingerprint density at radius 2 is 2.33 bits per heavy atom. The van der Waals surface area contributed by atoms with Gasteiger partial charge in [-0.25, -0.2) is 4.98 Å². The number of hydrogen-bond acceptors (Lipinski definition) is 5. The highest BCUT2D eigenvalue weighted by molar-refractivity contribution is 7.11. The van der Waals surface area contributed by atoms with Crippen molar-refractivity contribution in [1.82, 2.24) is 9.88 Å². The van der Waals surface area contributed by atoms with Crippen LogP contribution in [0.2, 0.25) is 0 Å². The van der Waals surface area contributed by atoms with Crippen LogP contribution < -0.4 is 0 Å². The first-order chi connectivity index (χ1) is 6.99. The van der Waals surface area contributed by atoms with Crippen molar-refractivity contribution >= 4 is 17.3 Å². The zero-order valence-electron chi connectivity index (χ0n) is 8.67. The molecule has 2 N–H and O–H groups in total. The van der Waals surface area contributed by atoms with Gasteiger partial charge < -0.3 is 15.1 Å².